The summed E-state index contributed by atoms with van der Waals surface area (Å²) in [5, 5.41) is 3.12. The van der Waals surface area contributed by atoms with Gasteiger partial charge in [-0.3, -0.25) is 9.59 Å². The molecule has 3 rings (SSSR count). The number of benzene rings is 2. The number of hydrogen-bond donors (Lipinski definition) is 1. The van der Waals surface area contributed by atoms with Crippen LogP contribution in [-0.4, -0.2) is 25.0 Å². The molecule has 1 saturated heterocycles. The number of methoxy groups -OCH3 is 1. The summed E-state index contributed by atoms with van der Waals surface area (Å²) in [4.78, 5) is 26.2. The number of carbonyl (C=O) groups excluding carboxylic acids is 2. The second kappa shape index (κ2) is 6.12. The Balaban J connectivity index is 1.82. The Hall–Kier alpha value is -2.82. The van der Waals surface area contributed by atoms with Crippen molar-refractivity contribution in [3.05, 3.63) is 54.1 Å². The van der Waals surface area contributed by atoms with Crippen LogP contribution in [0, 0.1) is 6.92 Å². The molecule has 1 atom stereocenters. The Labute approximate surface area is 134 Å². The van der Waals surface area contributed by atoms with Crippen molar-refractivity contribution in [2.24, 2.45) is 0 Å². The van der Waals surface area contributed by atoms with E-state index in [0.29, 0.717) is 11.4 Å². The van der Waals surface area contributed by atoms with Crippen LogP contribution >= 0.6 is 0 Å². The second-order valence-corrected chi connectivity index (χ2v) is 5.49. The molecular formula is C18H18N2O3. The normalized spacial score (nSPS) is 17.5. The molecule has 1 aliphatic rings. The number of anilines is 2. The molecule has 0 bridgehead atoms. The monoisotopic (exact) mass is 310 g/mol. The van der Waals surface area contributed by atoms with E-state index in [9.17, 15) is 9.59 Å². The molecule has 1 N–H and O–H groups in total. The van der Waals surface area contributed by atoms with E-state index in [1.165, 1.54) is 4.90 Å². The van der Waals surface area contributed by atoms with Gasteiger partial charge in [0.15, 0.2) is 0 Å². The highest BCUT2D eigenvalue weighted by atomic mass is 16.5. The molecule has 2 aromatic rings. The SMILES string of the molecule is COc1cccc(N[C@H]2CC(=O)N(c3ccccc3C)C2=O)c1. The van der Waals surface area contributed by atoms with Gasteiger partial charge in [0.05, 0.1) is 19.2 Å². The Kier molecular flexibility index (Phi) is 4.02. The van der Waals surface area contributed by atoms with Gasteiger partial charge in [0.1, 0.15) is 11.8 Å². The summed E-state index contributed by atoms with van der Waals surface area (Å²) in [7, 11) is 1.59. The molecule has 5 heteroatoms. The second-order valence-electron chi connectivity index (χ2n) is 5.49. The third kappa shape index (κ3) is 2.90. The van der Waals surface area contributed by atoms with Crippen molar-refractivity contribution < 1.29 is 14.3 Å². The van der Waals surface area contributed by atoms with Crippen LogP contribution in [0.25, 0.3) is 0 Å². The standard InChI is InChI=1S/C18H18N2O3/c1-12-6-3-4-9-16(12)20-17(21)11-15(18(20)22)19-13-7-5-8-14(10-13)23-2/h3-10,15,19H,11H2,1-2H3/t15-/m0/s1. The molecule has 0 aliphatic carbocycles. The highest BCUT2D eigenvalue weighted by Crippen LogP contribution is 2.28. The van der Waals surface area contributed by atoms with Gasteiger partial charge in [0.2, 0.25) is 5.91 Å². The van der Waals surface area contributed by atoms with Crippen LogP contribution in [-0.2, 0) is 9.59 Å². The molecule has 23 heavy (non-hydrogen) atoms. The van der Waals surface area contributed by atoms with Gasteiger partial charge < -0.3 is 10.1 Å². The minimum atomic E-state index is -0.561. The first-order valence-electron chi connectivity index (χ1n) is 7.43. The highest BCUT2D eigenvalue weighted by Gasteiger charge is 2.40. The van der Waals surface area contributed by atoms with Crippen molar-refractivity contribution in [3.63, 3.8) is 0 Å². The van der Waals surface area contributed by atoms with Gasteiger partial charge in [-0.2, -0.15) is 0 Å². The van der Waals surface area contributed by atoms with Crippen LogP contribution < -0.4 is 15.0 Å². The molecule has 0 spiro atoms. The van der Waals surface area contributed by atoms with Crippen LogP contribution in [0.1, 0.15) is 12.0 Å². The molecule has 1 fully saturated rings. The molecule has 5 nitrogen and oxygen atoms in total. The molecule has 0 aromatic heterocycles. The van der Waals surface area contributed by atoms with Crippen molar-refractivity contribution in [1.29, 1.82) is 0 Å². The molecule has 1 heterocycles. The van der Waals surface area contributed by atoms with E-state index in [1.807, 2.05) is 43.3 Å². The average Bonchev–Trinajstić information content (AvgIpc) is 2.82. The number of ether oxygens (including phenoxy) is 1. The number of amides is 2. The van der Waals surface area contributed by atoms with Crippen LogP contribution in [0.4, 0.5) is 11.4 Å². The lowest BCUT2D eigenvalue weighted by molar-refractivity contribution is -0.121. The van der Waals surface area contributed by atoms with Gasteiger partial charge >= 0.3 is 0 Å². The predicted octanol–water partition coefficient (Wildman–Crippen LogP) is 2.75. The number of hydrogen-bond acceptors (Lipinski definition) is 4. The Bertz CT molecular complexity index is 757. The Morgan fingerprint density at radius 2 is 1.91 bits per heavy atom. The van der Waals surface area contributed by atoms with Crippen molar-refractivity contribution in [2.45, 2.75) is 19.4 Å². The number of carbonyl (C=O) groups is 2. The third-order valence-corrected chi connectivity index (χ3v) is 3.91. The first kappa shape index (κ1) is 15.1. The van der Waals surface area contributed by atoms with Gasteiger partial charge in [-0.25, -0.2) is 4.90 Å². The molecule has 118 valence electrons. The summed E-state index contributed by atoms with van der Waals surface area (Å²) in [6.45, 7) is 1.89. The van der Waals surface area contributed by atoms with E-state index in [2.05, 4.69) is 5.32 Å². The Morgan fingerprint density at radius 1 is 1.13 bits per heavy atom. The van der Waals surface area contributed by atoms with E-state index < -0.39 is 6.04 Å². The minimum absolute atomic E-state index is 0.143. The lowest BCUT2D eigenvalue weighted by Crippen LogP contribution is -2.35. The number of aryl methyl sites for hydroxylation is 1. The zero-order chi connectivity index (χ0) is 16.4. The van der Waals surface area contributed by atoms with Crippen LogP contribution in [0.3, 0.4) is 0 Å². The summed E-state index contributed by atoms with van der Waals surface area (Å²) >= 11 is 0. The van der Waals surface area contributed by atoms with Crippen molar-refractivity contribution >= 4 is 23.2 Å². The number of rotatable bonds is 4. The van der Waals surface area contributed by atoms with Gasteiger partial charge in [-0.15, -0.1) is 0 Å². The fourth-order valence-electron chi connectivity index (χ4n) is 2.73. The third-order valence-electron chi connectivity index (χ3n) is 3.91. The summed E-state index contributed by atoms with van der Waals surface area (Å²) in [5.41, 5.74) is 2.30. The highest BCUT2D eigenvalue weighted by molar-refractivity contribution is 6.23. The van der Waals surface area contributed by atoms with Gasteiger partial charge in [0.25, 0.3) is 5.91 Å². The molecule has 0 saturated carbocycles. The van der Waals surface area contributed by atoms with Crippen molar-refractivity contribution in [3.8, 4) is 5.75 Å². The maximum Gasteiger partial charge on any atom is 0.256 e. The molecule has 2 aromatic carbocycles. The number of para-hydroxylation sites is 1. The Morgan fingerprint density at radius 3 is 2.65 bits per heavy atom. The summed E-state index contributed by atoms with van der Waals surface area (Å²) in [6.07, 6.45) is 0.143. The number of nitrogens with one attached hydrogen (secondary N) is 1. The maximum atomic E-state index is 12.6. The first-order chi connectivity index (χ1) is 11.1. The zero-order valence-electron chi connectivity index (χ0n) is 13.1. The lowest BCUT2D eigenvalue weighted by Gasteiger charge is -2.18. The van der Waals surface area contributed by atoms with Crippen LogP contribution in [0.2, 0.25) is 0 Å². The average molecular weight is 310 g/mol. The van der Waals surface area contributed by atoms with Crippen molar-refractivity contribution in [2.75, 3.05) is 17.3 Å². The van der Waals surface area contributed by atoms with Gasteiger partial charge in [-0.1, -0.05) is 24.3 Å². The van der Waals surface area contributed by atoms with E-state index in [0.717, 1.165) is 11.3 Å². The predicted molar refractivity (Wildman–Crippen MR) is 88.7 cm³/mol. The number of nitrogens with zero attached hydrogens (tertiary/aromatic N) is 1. The molecule has 1 aliphatic heterocycles. The first-order valence-corrected chi connectivity index (χ1v) is 7.43. The molecule has 0 radical (unpaired) electrons. The smallest absolute Gasteiger partial charge is 0.256 e. The maximum absolute atomic E-state index is 12.6. The molecule has 0 unspecified atom stereocenters. The van der Waals surface area contributed by atoms with E-state index in [1.54, 1.807) is 19.2 Å². The fourth-order valence-corrected chi connectivity index (χ4v) is 2.73. The minimum Gasteiger partial charge on any atom is -0.497 e. The zero-order valence-corrected chi connectivity index (χ0v) is 13.1. The van der Waals surface area contributed by atoms with E-state index in [4.69, 9.17) is 4.74 Å². The van der Waals surface area contributed by atoms with E-state index >= 15 is 0 Å². The quantitative estimate of drug-likeness (QED) is 0.882. The van der Waals surface area contributed by atoms with Crippen LogP contribution in [0.5, 0.6) is 5.75 Å². The summed E-state index contributed by atoms with van der Waals surface area (Å²) in [5.74, 6) is 0.277. The van der Waals surface area contributed by atoms with Gasteiger partial charge in [0, 0.05) is 11.8 Å². The van der Waals surface area contributed by atoms with Crippen molar-refractivity contribution in [1.82, 2.24) is 0 Å². The number of imide groups is 1. The lowest BCUT2D eigenvalue weighted by atomic mass is 10.2. The summed E-state index contributed by atoms with van der Waals surface area (Å²) in [6, 6.07) is 14.1. The molecule has 2 amide bonds. The fraction of sp³-hybridized carbons (Fsp3) is 0.222. The topological polar surface area (TPSA) is 58.6 Å². The summed E-state index contributed by atoms with van der Waals surface area (Å²) < 4.78 is 5.17. The van der Waals surface area contributed by atoms with Gasteiger partial charge in [-0.05, 0) is 30.7 Å². The van der Waals surface area contributed by atoms with E-state index in [-0.39, 0.29) is 18.2 Å². The molecular weight excluding hydrogens is 292 g/mol. The largest absolute Gasteiger partial charge is 0.497 e. The van der Waals surface area contributed by atoms with Crippen LogP contribution in [0.15, 0.2) is 48.5 Å².